The van der Waals surface area contributed by atoms with Crippen molar-refractivity contribution in [3.63, 3.8) is 0 Å². The Bertz CT molecular complexity index is 1050. The number of nitrogens with one attached hydrogen (secondary N) is 4. The molecule has 0 fully saturated rings. The van der Waals surface area contributed by atoms with Gasteiger partial charge in [-0.3, -0.25) is 24.0 Å². The number of ether oxygens (including phenoxy) is 5. The fourth-order valence-corrected chi connectivity index (χ4v) is 5.40. The second kappa shape index (κ2) is 40.8. The minimum atomic E-state index is -1.18. The summed E-state index contributed by atoms with van der Waals surface area (Å²) in [6.07, 6.45) is 15.5. The van der Waals surface area contributed by atoms with Crippen LogP contribution in [0.5, 0.6) is 0 Å². The third kappa shape index (κ3) is 40.6. The van der Waals surface area contributed by atoms with Gasteiger partial charge in [0.25, 0.3) is 0 Å². The predicted molar refractivity (Wildman–Crippen MR) is 211 cm³/mol. The number of unbranched alkanes of at least 4 members (excludes halogenated alkanes) is 13. The molecule has 18 nitrogen and oxygen atoms in total. The summed E-state index contributed by atoms with van der Waals surface area (Å²) in [4.78, 5) is 70.0. The number of aliphatic hydroxyl groups is 1. The Hall–Kier alpha value is -3.42. The molecule has 0 spiro atoms. The van der Waals surface area contributed by atoms with Crippen molar-refractivity contribution in [2.24, 2.45) is 0 Å². The molecule has 0 radical (unpaired) electrons. The van der Waals surface area contributed by atoms with Crippen molar-refractivity contribution in [2.75, 3.05) is 92.3 Å². The number of amides is 4. The van der Waals surface area contributed by atoms with Crippen molar-refractivity contribution in [1.29, 1.82) is 0 Å². The molecule has 0 aliphatic rings. The molecule has 0 aromatic carbocycles. The Kier molecular flexibility index (Phi) is 38.3. The third-order valence-corrected chi connectivity index (χ3v) is 8.49. The molecule has 332 valence electrons. The zero-order valence-corrected chi connectivity index (χ0v) is 34.0. The van der Waals surface area contributed by atoms with E-state index in [0.29, 0.717) is 19.6 Å². The number of hydrogen-bond acceptors (Lipinski definition) is 12. The van der Waals surface area contributed by atoms with Gasteiger partial charge in [-0.2, -0.15) is 0 Å². The summed E-state index contributed by atoms with van der Waals surface area (Å²) < 4.78 is 26.2. The first-order valence-corrected chi connectivity index (χ1v) is 20.7. The minimum absolute atomic E-state index is 0.0257. The molecule has 0 aliphatic carbocycles. The number of hydrogen-bond donors (Lipinski definition) is 7. The first-order valence-electron chi connectivity index (χ1n) is 20.7. The van der Waals surface area contributed by atoms with Crippen LogP contribution in [0.2, 0.25) is 0 Å². The van der Waals surface area contributed by atoms with Gasteiger partial charge in [0.2, 0.25) is 23.6 Å². The lowest BCUT2D eigenvalue weighted by Crippen LogP contribution is -2.41. The first-order chi connectivity index (χ1) is 27.6. The van der Waals surface area contributed by atoms with Crippen LogP contribution in [-0.4, -0.2) is 149 Å². The monoisotopic (exact) mass is 821 g/mol. The molecule has 0 rings (SSSR count). The van der Waals surface area contributed by atoms with E-state index >= 15 is 0 Å². The first kappa shape index (κ1) is 53.6. The quantitative estimate of drug-likeness (QED) is 0.0435. The molecule has 1 unspecified atom stereocenters. The summed E-state index contributed by atoms with van der Waals surface area (Å²) in [6, 6.07) is -1.14. The van der Waals surface area contributed by atoms with Crippen molar-refractivity contribution < 1.29 is 67.8 Å². The summed E-state index contributed by atoms with van der Waals surface area (Å²) in [5.74, 6) is -3.19. The lowest BCUT2D eigenvalue weighted by molar-refractivity contribution is -0.142. The zero-order chi connectivity index (χ0) is 42.0. The van der Waals surface area contributed by atoms with E-state index in [1.807, 2.05) is 0 Å². The largest absolute Gasteiger partial charge is 0.481 e. The average Bonchev–Trinajstić information content (AvgIpc) is 3.17. The van der Waals surface area contributed by atoms with Crippen molar-refractivity contribution in [3.8, 4) is 0 Å². The number of carbonyl (C=O) groups is 6. The van der Waals surface area contributed by atoms with Crippen LogP contribution in [0.15, 0.2) is 0 Å². The van der Waals surface area contributed by atoms with Crippen LogP contribution in [0.25, 0.3) is 0 Å². The maximum absolute atomic E-state index is 12.3. The van der Waals surface area contributed by atoms with Gasteiger partial charge >= 0.3 is 11.9 Å². The smallest absolute Gasteiger partial charge is 0.326 e. The summed E-state index contributed by atoms with van der Waals surface area (Å²) in [5, 5.41) is 37.2. The maximum atomic E-state index is 12.3. The van der Waals surface area contributed by atoms with Gasteiger partial charge < -0.3 is 60.3 Å². The van der Waals surface area contributed by atoms with Crippen LogP contribution in [0.3, 0.4) is 0 Å². The molecule has 0 aromatic heterocycles. The number of carboxylic acids is 2. The molecule has 57 heavy (non-hydrogen) atoms. The van der Waals surface area contributed by atoms with Crippen molar-refractivity contribution >= 4 is 35.6 Å². The van der Waals surface area contributed by atoms with Gasteiger partial charge in [0.05, 0.1) is 59.5 Å². The lowest BCUT2D eigenvalue weighted by Gasteiger charge is -2.14. The molecule has 0 saturated heterocycles. The van der Waals surface area contributed by atoms with Crippen molar-refractivity contribution in [2.45, 2.75) is 122 Å². The van der Waals surface area contributed by atoms with Crippen LogP contribution < -0.4 is 21.3 Å². The van der Waals surface area contributed by atoms with Crippen LogP contribution in [0.1, 0.15) is 116 Å². The fraction of sp³-hybridized carbons (Fsp3) is 0.846. The second-order valence-electron chi connectivity index (χ2n) is 13.6. The minimum Gasteiger partial charge on any atom is -0.481 e. The maximum Gasteiger partial charge on any atom is 0.326 e. The highest BCUT2D eigenvalue weighted by Gasteiger charge is 2.20. The van der Waals surface area contributed by atoms with E-state index in [2.05, 4.69) is 21.3 Å². The Morgan fingerprint density at radius 1 is 0.421 bits per heavy atom. The average molecular weight is 821 g/mol. The Morgan fingerprint density at radius 3 is 1.23 bits per heavy atom. The molecular weight excluding hydrogens is 748 g/mol. The zero-order valence-electron chi connectivity index (χ0n) is 34.0. The fourth-order valence-electron chi connectivity index (χ4n) is 5.40. The standard InChI is InChI=1S/C39H72N4O14/c44-22-26-53-23-20-41-36(47)31-57-30-28-55-25-21-42-37(48)32-56-29-27-54-24-19-40-34(45)18-17-33(39(51)52)43-35(46)15-13-11-9-7-5-3-1-2-4-6-8-10-12-14-16-38(49)50/h33,44H,1-32H2,(H,40,45)(H,41,47)(H,42,48)(H,43,46)(H,49,50)(H,51,52). The summed E-state index contributed by atoms with van der Waals surface area (Å²) in [5.41, 5.74) is 0. The molecule has 0 saturated carbocycles. The summed E-state index contributed by atoms with van der Waals surface area (Å²) in [7, 11) is 0. The van der Waals surface area contributed by atoms with Gasteiger partial charge in [-0.25, -0.2) is 4.79 Å². The molecule has 0 bridgehead atoms. The molecule has 0 aliphatic heterocycles. The highest BCUT2D eigenvalue weighted by Crippen LogP contribution is 2.14. The number of carbonyl (C=O) groups excluding carboxylic acids is 4. The molecule has 4 amide bonds. The van der Waals surface area contributed by atoms with Crippen LogP contribution >= 0.6 is 0 Å². The van der Waals surface area contributed by atoms with Gasteiger partial charge in [-0.1, -0.05) is 77.0 Å². The van der Waals surface area contributed by atoms with Gasteiger partial charge in [-0.05, 0) is 19.3 Å². The SMILES string of the molecule is O=C(O)CCCCCCCCCCCCCCCCC(=O)NC(CCC(=O)NCCOCCOCC(=O)NCCOCCOCC(=O)NCCOCCO)C(=O)O. The van der Waals surface area contributed by atoms with E-state index in [9.17, 15) is 33.9 Å². The van der Waals surface area contributed by atoms with Gasteiger partial charge in [0.1, 0.15) is 19.3 Å². The van der Waals surface area contributed by atoms with E-state index in [1.54, 1.807) is 0 Å². The summed E-state index contributed by atoms with van der Waals surface area (Å²) >= 11 is 0. The highest BCUT2D eigenvalue weighted by molar-refractivity contribution is 5.84. The number of carboxylic acid groups (broad SMARTS) is 2. The van der Waals surface area contributed by atoms with Gasteiger partial charge in [-0.15, -0.1) is 0 Å². The predicted octanol–water partition coefficient (Wildman–Crippen LogP) is 2.09. The lowest BCUT2D eigenvalue weighted by atomic mass is 10.0. The number of aliphatic carboxylic acids is 2. The van der Waals surface area contributed by atoms with Crippen LogP contribution in [0, 0.1) is 0 Å². The molecule has 7 N–H and O–H groups in total. The summed E-state index contributed by atoms with van der Waals surface area (Å²) in [6.45, 7) is 2.31. The van der Waals surface area contributed by atoms with E-state index in [-0.39, 0.29) is 128 Å². The molecular formula is C39H72N4O14. The van der Waals surface area contributed by atoms with Crippen LogP contribution in [-0.2, 0) is 52.5 Å². The topological polar surface area (TPSA) is 257 Å². The van der Waals surface area contributed by atoms with Crippen molar-refractivity contribution in [1.82, 2.24) is 21.3 Å². The molecule has 18 heteroatoms. The molecule has 0 heterocycles. The third-order valence-electron chi connectivity index (χ3n) is 8.49. The van der Waals surface area contributed by atoms with Gasteiger partial charge in [0, 0.05) is 38.9 Å². The van der Waals surface area contributed by atoms with E-state index in [4.69, 9.17) is 33.9 Å². The second-order valence-corrected chi connectivity index (χ2v) is 13.6. The molecule has 1 atom stereocenters. The Balaban J connectivity index is 3.64. The van der Waals surface area contributed by atoms with E-state index in [1.165, 1.54) is 44.9 Å². The number of rotatable bonds is 43. The van der Waals surface area contributed by atoms with E-state index < -0.39 is 18.0 Å². The van der Waals surface area contributed by atoms with Crippen LogP contribution in [0.4, 0.5) is 0 Å². The Morgan fingerprint density at radius 2 is 0.807 bits per heavy atom. The molecule has 0 aromatic rings. The van der Waals surface area contributed by atoms with E-state index in [0.717, 1.165) is 38.5 Å². The Labute approximate surface area is 338 Å². The highest BCUT2D eigenvalue weighted by atomic mass is 16.5. The van der Waals surface area contributed by atoms with Gasteiger partial charge in [0.15, 0.2) is 0 Å². The number of aliphatic hydroxyl groups excluding tert-OH is 1. The normalized spacial score (nSPS) is 11.5. The van der Waals surface area contributed by atoms with Crippen molar-refractivity contribution in [3.05, 3.63) is 0 Å².